The Kier molecular flexibility index (Phi) is 2.56. The highest BCUT2D eigenvalue weighted by atomic mass is 35.5. The fourth-order valence-electron chi connectivity index (χ4n) is 2.93. The average molecular weight is 299 g/mol. The first-order chi connectivity index (χ1) is 10.1. The van der Waals surface area contributed by atoms with E-state index >= 15 is 0 Å². The minimum Gasteiger partial charge on any atom is -0.426 e. The monoisotopic (exact) mass is 298 g/mol. The molecule has 0 aliphatic carbocycles. The molecule has 3 heterocycles. The van der Waals surface area contributed by atoms with E-state index in [1.54, 1.807) is 6.20 Å². The zero-order valence-electron chi connectivity index (χ0n) is 11.3. The molecule has 0 saturated carbocycles. The van der Waals surface area contributed by atoms with Gasteiger partial charge in [-0.15, -0.1) is 0 Å². The molecule has 1 aliphatic rings. The molecule has 2 aromatic heterocycles. The molecule has 0 fully saturated rings. The number of rotatable bonds is 1. The number of allylic oxidation sites excluding steroid dienone is 1. The van der Waals surface area contributed by atoms with E-state index in [-0.39, 0.29) is 5.97 Å². The molecule has 1 aliphatic heterocycles. The summed E-state index contributed by atoms with van der Waals surface area (Å²) in [6.07, 6.45) is 5.46. The molecule has 0 saturated heterocycles. The van der Waals surface area contributed by atoms with Crippen molar-refractivity contribution in [1.82, 2.24) is 9.55 Å². The lowest BCUT2D eigenvalue weighted by atomic mass is 10.1. The number of pyridine rings is 1. The lowest BCUT2D eigenvalue weighted by Gasteiger charge is -2.16. The van der Waals surface area contributed by atoms with Crippen molar-refractivity contribution in [2.45, 2.75) is 13.5 Å². The number of carbonyl (C=O) groups is 1. The molecular weight excluding hydrogens is 288 g/mol. The van der Waals surface area contributed by atoms with Crippen LogP contribution in [0.15, 0.2) is 36.7 Å². The van der Waals surface area contributed by atoms with E-state index in [4.69, 9.17) is 16.3 Å². The van der Waals surface area contributed by atoms with Crippen molar-refractivity contribution >= 4 is 45.1 Å². The second kappa shape index (κ2) is 4.33. The summed E-state index contributed by atoms with van der Waals surface area (Å²) < 4.78 is 7.49. The lowest BCUT2D eigenvalue weighted by Crippen LogP contribution is -2.08. The molecule has 0 unspecified atom stereocenters. The third kappa shape index (κ3) is 1.76. The van der Waals surface area contributed by atoms with E-state index in [2.05, 4.69) is 9.55 Å². The Hall–Kier alpha value is -2.33. The second-order valence-electron chi connectivity index (χ2n) is 5.02. The highest BCUT2D eigenvalue weighted by Gasteiger charge is 2.21. The van der Waals surface area contributed by atoms with Gasteiger partial charge in [0.1, 0.15) is 5.76 Å². The standard InChI is InChI=1S/C16H11ClN2O2/c1-9(20)21-15-4-5-19-14-3-2-10(17)6-11(14)12-7-18-8-13(15)16(12)19/h2-4,6-8H,5H2,1H3. The number of carbonyl (C=O) groups excluding carboxylic acids is 1. The van der Waals surface area contributed by atoms with E-state index in [1.165, 1.54) is 6.92 Å². The first-order valence-electron chi connectivity index (χ1n) is 6.59. The van der Waals surface area contributed by atoms with Gasteiger partial charge < -0.3 is 9.30 Å². The summed E-state index contributed by atoms with van der Waals surface area (Å²) in [7, 11) is 0. The summed E-state index contributed by atoms with van der Waals surface area (Å²) in [6.45, 7) is 2.06. The molecule has 0 bridgehead atoms. The summed E-state index contributed by atoms with van der Waals surface area (Å²) in [6, 6.07) is 5.83. The van der Waals surface area contributed by atoms with Gasteiger partial charge in [0.25, 0.3) is 0 Å². The van der Waals surface area contributed by atoms with Crippen molar-refractivity contribution in [3.05, 3.63) is 47.3 Å². The Morgan fingerprint density at radius 1 is 1.33 bits per heavy atom. The first kappa shape index (κ1) is 12.4. The maximum Gasteiger partial charge on any atom is 0.308 e. The van der Waals surface area contributed by atoms with Crippen LogP contribution in [0.4, 0.5) is 0 Å². The Morgan fingerprint density at radius 2 is 2.19 bits per heavy atom. The number of hydrogen-bond acceptors (Lipinski definition) is 3. The fourth-order valence-corrected chi connectivity index (χ4v) is 3.10. The second-order valence-corrected chi connectivity index (χ2v) is 5.45. The molecule has 0 N–H and O–H groups in total. The number of fused-ring (bicyclic) bond motifs is 3. The largest absolute Gasteiger partial charge is 0.426 e. The van der Waals surface area contributed by atoms with Crippen LogP contribution in [0.5, 0.6) is 0 Å². The van der Waals surface area contributed by atoms with Gasteiger partial charge in [0, 0.05) is 47.2 Å². The van der Waals surface area contributed by atoms with Crippen LogP contribution in [0.2, 0.25) is 5.02 Å². The average Bonchev–Trinajstić information content (AvgIpc) is 2.77. The molecule has 5 heteroatoms. The molecule has 0 radical (unpaired) electrons. The number of hydrogen-bond donors (Lipinski definition) is 0. The van der Waals surface area contributed by atoms with Gasteiger partial charge in [0.2, 0.25) is 0 Å². The normalized spacial score (nSPS) is 13.5. The van der Waals surface area contributed by atoms with Crippen LogP contribution in [0, 0.1) is 0 Å². The molecule has 21 heavy (non-hydrogen) atoms. The predicted molar refractivity (Wildman–Crippen MR) is 82.0 cm³/mol. The number of halogens is 1. The minimum atomic E-state index is -0.328. The molecule has 0 spiro atoms. The minimum absolute atomic E-state index is 0.328. The van der Waals surface area contributed by atoms with Crippen molar-refractivity contribution in [2.75, 3.05) is 0 Å². The first-order valence-corrected chi connectivity index (χ1v) is 6.97. The number of esters is 1. The van der Waals surface area contributed by atoms with Crippen LogP contribution in [0.1, 0.15) is 12.5 Å². The van der Waals surface area contributed by atoms with Crippen molar-refractivity contribution in [1.29, 1.82) is 0 Å². The molecule has 0 atom stereocenters. The summed E-state index contributed by atoms with van der Waals surface area (Å²) in [4.78, 5) is 15.5. The predicted octanol–water partition coefficient (Wildman–Crippen LogP) is 3.76. The van der Waals surface area contributed by atoms with Gasteiger partial charge in [-0.25, -0.2) is 0 Å². The van der Waals surface area contributed by atoms with E-state index in [1.807, 2.05) is 30.5 Å². The molecule has 4 rings (SSSR count). The third-order valence-electron chi connectivity index (χ3n) is 3.71. The molecular formula is C16H11ClN2O2. The number of benzene rings is 1. The Morgan fingerprint density at radius 3 is 3.00 bits per heavy atom. The van der Waals surface area contributed by atoms with Crippen LogP contribution in [-0.2, 0) is 16.1 Å². The Labute approximate surface area is 125 Å². The van der Waals surface area contributed by atoms with Crippen molar-refractivity contribution < 1.29 is 9.53 Å². The van der Waals surface area contributed by atoms with Crippen LogP contribution < -0.4 is 0 Å². The Bertz CT molecular complexity index is 940. The summed E-state index contributed by atoms with van der Waals surface area (Å²) in [5.41, 5.74) is 2.96. The quantitative estimate of drug-likeness (QED) is 0.643. The molecule has 104 valence electrons. The van der Waals surface area contributed by atoms with Gasteiger partial charge in [-0.05, 0) is 24.3 Å². The highest BCUT2D eigenvalue weighted by Crippen LogP contribution is 2.37. The molecule has 0 amide bonds. The van der Waals surface area contributed by atoms with Gasteiger partial charge in [-0.2, -0.15) is 0 Å². The van der Waals surface area contributed by atoms with Gasteiger partial charge in [0.05, 0.1) is 11.1 Å². The Balaban J connectivity index is 2.08. The number of nitrogens with zero attached hydrogens (tertiary/aromatic N) is 2. The summed E-state index contributed by atoms with van der Waals surface area (Å²) >= 11 is 6.11. The van der Waals surface area contributed by atoms with Crippen LogP contribution in [0.3, 0.4) is 0 Å². The maximum atomic E-state index is 11.3. The zero-order chi connectivity index (χ0) is 14.6. The number of aromatic nitrogens is 2. The molecule has 3 aromatic rings. The van der Waals surface area contributed by atoms with Crippen LogP contribution in [-0.4, -0.2) is 15.5 Å². The molecule has 1 aromatic carbocycles. The van der Waals surface area contributed by atoms with Crippen molar-refractivity contribution in [3.63, 3.8) is 0 Å². The SMILES string of the molecule is CC(=O)OC1=CCn2c3ccc(Cl)cc3c3cncc1c32. The third-order valence-corrected chi connectivity index (χ3v) is 3.94. The van der Waals surface area contributed by atoms with E-state index in [0.29, 0.717) is 17.3 Å². The highest BCUT2D eigenvalue weighted by molar-refractivity contribution is 6.32. The lowest BCUT2D eigenvalue weighted by molar-refractivity contribution is -0.134. The van der Waals surface area contributed by atoms with E-state index in [0.717, 1.165) is 27.4 Å². The summed E-state index contributed by atoms with van der Waals surface area (Å²) in [5.74, 6) is 0.243. The van der Waals surface area contributed by atoms with Crippen LogP contribution >= 0.6 is 11.6 Å². The van der Waals surface area contributed by atoms with Gasteiger partial charge >= 0.3 is 5.97 Å². The van der Waals surface area contributed by atoms with Crippen LogP contribution in [0.25, 0.3) is 27.6 Å². The van der Waals surface area contributed by atoms with Crippen molar-refractivity contribution in [3.8, 4) is 0 Å². The molecule has 4 nitrogen and oxygen atoms in total. The summed E-state index contributed by atoms with van der Waals surface area (Å²) in [5, 5.41) is 2.77. The van der Waals surface area contributed by atoms with Gasteiger partial charge in [0.15, 0.2) is 0 Å². The van der Waals surface area contributed by atoms with Gasteiger partial charge in [-0.1, -0.05) is 11.6 Å². The van der Waals surface area contributed by atoms with E-state index in [9.17, 15) is 4.79 Å². The maximum absolute atomic E-state index is 11.3. The fraction of sp³-hybridized carbons (Fsp3) is 0.125. The van der Waals surface area contributed by atoms with Crippen molar-refractivity contribution in [2.24, 2.45) is 0 Å². The zero-order valence-corrected chi connectivity index (χ0v) is 12.0. The van der Waals surface area contributed by atoms with E-state index < -0.39 is 0 Å². The smallest absolute Gasteiger partial charge is 0.308 e. The number of ether oxygens (including phenoxy) is 1. The van der Waals surface area contributed by atoms with Gasteiger partial charge in [-0.3, -0.25) is 9.78 Å². The topological polar surface area (TPSA) is 44.1 Å².